The van der Waals surface area contributed by atoms with Crippen molar-refractivity contribution in [3.63, 3.8) is 0 Å². The first-order valence-corrected chi connectivity index (χ1v) is 3.52. The number of methoxy groups -OCH3 is 1. The fourth-order valence-electron chi connectivity index (χ4n) is 0.504. The summed E-state index contributed by atoms with van der Waals surface area (Å²) in [4.78, 5) is 3.88. The van der Waals surface area contributed by atoms with Crippen LogP contribution in [-0.2, 0) is 0 Å². The minimum Gasteiger partial charge on any atom is -0.495 e. The quantitative estimate of drug-likeness (QED) is 0.719. The number of hydrogen-bond acceptors (Lipinski definition) is 3. The van der Waals surface area contributed by atoms with Crippen LogP contribution in [0.5, 0.6) is 5.75 Å². The van der Waals surface area contributed by atoms with E-state index >= 15 is 0 Å². The molecule has 3 nitrogen and oxygen atoms in total. The average molecular weight is 215 g/mol. The van der Waals surface area contributed by atoms with Crippen LogP contribution in [-0.4, -0.2) is 12.1 Å². The van der Waals surface area contributed by atoms with Gasteiger partial charge in [-0.15, -0.1) is 0 Å². The molecule has 0 aliphatic rings. The fraction of sp³-hybridized carbons (Fsp3) is 0.143. The van der Waals surface area contributed by atoms with Gasteiger partial charge in [0.05, 0.1) is 13.3 Å². The molecular weight excluding hydrogens is 208 g/mol. The number of aromatic nitrogens is 1. The predicted molar refractivity (Wildman–Crippen MR) is 45.2 cm³/mol. The number of rotatable bonds is 1. The van der Waals surface area contributed by atoms with Crippen molar-refractivity contribution in [2.24, 2.45) is 0 Å². The predicted octanol–water partition coefficient (Wildman–Crippen LogP) is 1.99. The van der Waals surface area contributed by atoms with Gasteiger partial charge in [-0.2, -0.15) is 0 Å². The molecule has 0 amide bonds. The Kier molecular flexibility index (Phi) is 5.13. The molecule has 0 spiro atoms. The van der Waals surface area contributed by atoms with Crippen LogP contribution in [0.15, 0.2) is 22.9 Å². The lowest BCUT2D eigenvalue weighted by atomic mass is 10.5. The zero-order valence-electron chi connectivity index (χ0n) is 5.99. The molecule has 1 heterocycles. The molecule has 58 valence electrons. The zero-order valence-corrected chi connectivity index (χ0v) is 7.58. The molecule has 11 heavy (non-hydrogen) atoms. The van der Waals surface area contributed by atoms with E-state index in [-0.39, 0.29) is 0 Å². The number of nitrogens with zero attached hydrogens (tertiary/aromatic N) is 2. The molecule has 0 aliphatic heterocycles. The topological polar surface area (TPSA) is 45.9 Å². The maximum atomic E-state index is 6.50. The van der Waals surface area contributed by atoms with Crippen LogP contribution < -0.4 is 4.74 Å². The third kappa shape index (κ3) is 3.58. The van der Waals surface area contributed by atoms with Gasteiger partial charge in [0.15, 0.2) is 0 Å². The molecule has 0 saturated carbocycles. The van der Waals surface area contributed by atoms with E-state index in [0.717, 1.165) is 10.2 Å². The summed E-state index contributed by atoms with van der Waals surface area (Å²) in [6.45, 7) is 3.50. The summed E-state index contributed by atoms with van der Waals surface area (Å²) < 4.78 is 5.83. The smallest absolute Gasteiger partial charge is 0.138 e. The molecule has 0 fully saturated rings. The highest BCUT2D eigenvalue weighted by molar-refractivity contribution is 9.10. The second kappa shape index (κ2) is 5.69. The van der Waals surface area contributed by atoms with Crippen molar-refractivity contribution in [1.29, 1.82) is 5.26 Å². The zero-order chi connectivity index (χ0) is 8.69. The third-order valence-electron chi connectivity index (χ3n) is 0.915. The summed E-state index contributed by atoms with van der Waals surface area (Å²) in [6.07, 6.45) is 3.37. The number of halogens is 1. The highest BCUT2D eigenvalue weighted by Gasteiger charge is 1.89. The van der Waals surface area contributed by atoms with Gasteiger partial charge in [-0.05, 0) is 22.0 Å². The first kappa shape index (κ1) is 9.92. The van der Waals surface area contributed by atoms with Gasteiger partial charge >= 0.3 is 0 Å². The summed E-state index contributed by atoms with van der Waals surface area (Å²) in [5.74, 6) is 0.768. The molecular formula is C7H7BrN2O. The largest absolute Gasteiger partial charge is 0.495 e. The highest BCUT2D eigenvalue weighted by Crippen LogP contribution is 2.14. The number of pyridine rings is 1. The second-order valence-corrected chi connectivity index (χ2v) is 2.46. The second-order valence-electron chi connectivity index (χ2n) is 1.54. The number of ether oxygens (including phenoxy) is 1. The molecule has 0 bridgehead atoms. The lowest BCUT2D eigenvalue weighted by Crippen LogP contribution is -1.82. The Morgan fingerprint density at radius 1 is 1.55 bits per heavy atom. The van der Waals surface area contributed by atoms with Crippen molar-refractivity contribution in [2.45, 2.75) is 0 Å². The molecule has 0 radical (unpaired) electrons. The van der Waals surface area contributed by atoms with Crippen molar-refractivity contribution >= 4 is 15.9 Å². The fourth-order valence-corrected chi connectivity index (χ4v) is 0.848. The maximum absolute atomic E-state index is 6.50. The molecule has 0 unspecified atom stereocenters. The number of hydrogen-bond donors (Lipinski definition) is 0. The van der Waals surface area contributed by atoms with E-state index in [1.54, 1.807) is 19.5 Å². The van der Waals surface area contributed by atoms with E-state index in [4.69, 9.17) is 10.00 Å². The Labute approximate surface area is 73.8 Å². The van der Waals surface area contributed by atoms with Crippen LogP contribution in [0.25, 0.3) is 0 Å². The van der Waals surface area contributed by atoms with Crippen LogP contribution in [0.3, 0.4) is 0 Å². The van der Waals surface area contributed by atoms with Crippen LogP contribution in [0.1, 0.15) is 0 Å². The Hall–Kier alpha value is -1.08. The van der Waals surface area contributed by atoms with Gasteiger partial charge in [0, 0.05) is 17.2 Å². The van der Waals surface area contributed by atoms with Gasteiger partial charge in [0.25, 0.3) is 0 Å². The average Bonchev–Trinajstić information content (AvgIpc) is 2.08. The molecule has 1 aromatic rings. The molecule has 0 atom stereocenters. The highest BCUT2D eigenvalue weighted by atomic mass is 79.9. The summed E-state index contributed by atoms with van der Waals surface area (Å²) in [5.41, 5.74) is 0. The van der Waals surface area contributed by atoms with Crippen molar-refractivity contribution in [3.05, 3.63) is 22.9 Å². The van der Waals surface area contributed by atoms with Crippen molar-refractivity contribution in [2.75, 3.05) is 7.11 Å². The standard InChI is InChI=1S/C6H6BrNO.CHN/c1-9-6-2-5(7)3-8-4-6;1-2/h2-4H,1H3;1H. The van der Waals surface area contributed by atoms with Crippen LogP contribution in [0, 0.1) is 11.8 Å². The van der Waals surface area contributed by atoms with Crippen molar-refractivity contribution < 1.29 is 4.74 Å². The summed E-state index contributed by atoms with van der Waals surface area (Å²) in [6, 6.07) is 1.85. The Morgan fingerprint density at radius 3 is 2.55 bits per heavy atom. The first-order chi connectivity index (χ1) is 5.33. The van der Waals surface area contributed by atoms with Crippen molar-refractivity contribution in [3.8, 4) is 12.3 Å². The Bertz CT molecular complexity index is 237. The lowest BCUT2D eigenvalue weighted by molar-refractivity contribution is 0.412. The summed E-state index contributed by atoms with van der Waals surface area (Å²) in [5, 5.41) is 6.50. The Morgan fingerprint density at radius 2 is 2.18 bits per heavy atom. The van der Waals surface area contributed by atoms with Gasteiger partial charge in [0.2, 0.25) is 0 Å². The molecule has 1 rings (SSSR count). The first-order valence-electron chi connectivity index (χ1n) is 2.73. The molecule has 0 N–H and O–H groups in total. The van der Waals surface area contributed by atoms with Gasteiger partial charge in [0.1, 0.15) is 5.75 Å². The minimum atomic E-state index is 0.768. The van der Waals surface area contributed by atoms with Crippen LogP contribution in [0.4, 0.5) is 0 Å². The van der Waals surface area contributed by atoms with E-state index in [1.807, 2.05) is 6.07 Å². The van der Waals surface area contributed by atoms with E-state index in [0.29, 0.717) is 0 Å². The lowest BCUT2D eigenvalue weighted by Gasteiger charge is -1.96. The summed E-state index contributed by atoms with van der Waals surface area (Å²) >= 11 is 3.26. The molecule has 1 aromatic heterocycles. The molecule has 0 saturated heterocycles. The van der Waals surface area contributed by atoms with E-state index < -0.39 is 0 Å². The van der Waals surface area contributed by atoms with Crippen LogP contribution >= 0.6 is 15.9 Å². The maximum Gasteiger partial charge on any atom is 0.138 e. The number of nitriles is 1. The molecule has 0 aliphatic carbocycles. The van der Waals surface area contributed by atoms with Crippen molar-refractivity contribution in [1.82, 2.24) is 4.98 Å². The van der Waals surface area contributed by atoms with Gasteiger partial charge in [-0.1, -0.05) is 0 Å². The van der Waals surface area contributed by atoms with Gasteiger partial charge in [-0.3, -0.25) is 4.98 Å². The molecule has 0 aromatic carbocycles. The third-order valence-corrected chi connectivity index (χ3v) is 1.35. The van der Waals surface area contributed by atoms with Crippen LogP contribution in [0.2, 0.25) is 0 Å². The minimum absolute atomic E-state index is 0.768. The van der Waals surface area contributed by atoms with E-state index in [2.05, 4.69) is 27.5 Å². The normalized spacial score (nSPS) is 7.64. The molecule has 4 heteroatoms. The van der Waals surface area contributed by atoms with Gasteiger partial charge in [-0.25, -0.2) is 5.26 Å². The Balaban J connectivity index is 0.000000461. The van der Waals surface area contributed by atoms with E-state index in [9.17, 15) is 0 Å². The SMILES string of the molecule is C#N.COc1cncc(Br)c1. The van der Waals surface area contributed by atoms with E-state index in [1.165, 1.54) is 0 Å². The summed E-state index contributed by atoms with van der Waals surface area (Å²) in [7, 11) is 1.61. The monoisotopic (exact) mass is 214 g/mol. The van der Waals surface area contributed by atoms with Gasteiger partial charge < -0.3 is 4.74 Å².